The fourth-order valence-corrected chi connectivity index (χ4v) is 5.07. The molecule has 3 nitrogen and oxygen atoms in total. The molecule has 1 N–H and O–H groups in total. The van der Waals surface area contributed by atoms with Gasteiger partial charge in [0, 0.05) is 19.0 Å². The van der Waals surface area contributed by atoms with Gasteiger partial charge >= 0.3 is 0 Å². The van der Waals surface area contributed by atoms with Crippen molar-refractivity contribution < 1.29 is 4.74 Å². The molecule has 19 heavy (non-hydrogen) atoms. The number of hydrogen-bond acceptors (Lipinski definition) is 3. The third-order valence-electron chi connectivity index (χ3n) is 4.76. The third-order valence-corrected chi connectivity index (χ3v) is 5.94. The lowest BCUT2D eigenvalue weighted by molar-refractivity contribution is 0.0555. The van der Waals surface area contributed by atoms with Crippen LogP contribution in [0.4, 0.5) is 0 Å². The van der Waals surface area contributed by atoms with E-state index in [0.717, 1.165) is 37.9 Å². The summed E-state index contributed by atoms with van der Waals surface area (Å²) in [5, 5.41) is 4.92. The Balaban J connectivity index is 1.62. The molecule has 3 fully saturated rings. The average molecular weight is 282 g/mol. The molecule has 1 saturated carbocycles. The van der Waals surface area contributed by atoms with Crippen molar-refractivity contribution in [1.29, 1.82) is 0 Å². The van der Waals surface area contributed by atoms with E-state index >= 15 is 0 Å². The fourth-order valence-electron chi connectivity index (χ4n) is 3.78. The van der Waals surface area contributed by atoms with Crippen molar-refractivity contribution >= 4 is 16.9 Å². The van der Waals surface area contributed by atoms with Crippen molar-refractivity contribution in [2.24, 2.45) is 16.8 Å². The van der Waals surface area contributed by atoms with E-state index in [4.69, 9.17) is 9.73 Å². The zero-order chi connectivity index (χ0) is 13.3. The van der Waals surface area contributed by atoms with Gasteiger partial charge < -0.3 is 10.1 Å². The van der Waals surface area contributed by atoms with Crippen LogP contribution >= 0.6 is 11.8 Å². The van der Waals surface area contributed by atoms with E-state index in [0.29, 0.717) is 6.04 Å². The van der Waals surface area contributed by atoms with Crippen molar-refractivity contribution in [2.45, 2.75) is 57.5 Å². The summed E-state index contributed by atoms with van der Waals surface area (Å²) in [6.45, 7) is 6.55. The van der Waals surface area contributed by atoms with E-state index in [1.54, 1.807) is 0 Å². The summed E-state index contributed by atoms with van der Waals surface area (Å²) >= 11 is 1.93. The summed E-state index contributed by atoms with van der Waals surface area (Å²) in [7, 11) is 0. The minimum atomic E-state index is 0.285. The minimum Gasteiger partial charge on any atom is -0.381 e. The predicted molar refractivity (Wildman–Crippen MR) is 81.8 cm³/mol. The Morgan fingerprint density at radius 3 is 2.53 bits per heavy atom. The molecule has 2 saturated heterocycles. The first-order valence-corrected chi connectivity index (χ1v) is 8.70. The van der Waals surface area contributed by atoms with Crippen LogP contribution in [0.3, 0.4) is 0 Å². The molecule has 0 amide bonds. The Hall–Kier alpha value is -0.220. The smallest absolute Gasteiger partial charge is 0.157 e. The van der Waals surface area contributed by atoms with Crippen LogP contribution < -0.4 is 5.32 Å². The molecule has 3 aliphatic rings. The van der Waals surface area contributed by atoms with E-state index in [1.807, 2.05) is 11.8 Å². The lowest BCUT2D eigenvalue weighted by atomic mass is 9.81. The number of nitrogens with zero attached hydrogens (tertiary/aromatic N) is 1. The molecule has 3 rings (SSSR count). The molecule has 2 aliphatic heterocycles. The van der Waals surface area contributed by atoms with Gasteiger partial charge in [-0.25, -0.2) is 0 Å². The van der Waals surface area contributed by atoms with Gasteiger partial charge in [-0.2, -0.15) is 0 Å². The van der Waals surface area contributed by atoms with Crippen LogP contribution in [-0.2, 0) is 4.74 Å². The van der Waals surface area contributed by atoms with Gasteiger partial charge in [-0.15, -0.1) is 0 Å². The summed E-state index contributed by atoms with van der Waals surface area (Å²) < 4.78 is 5.48. The number of amidine groups is 1. The van der Waals surface area contributed by atoms with E-state index in [2.05, 4.69) is 19.2 Å². The number of aliphatic imine (C=N–C) groups is 1. The molecular formula is C15H26N2OS. The third kappa shape index (κ3) is 3.27. The topological polar surface area (TPSA) is 33.6 Å². The maximum atomic E-state index is 5.48. The van der Waals surface area contributed by atoms with Crippen molar-refractivity contribution in [3.05, 3.63) is 0 Å². The molecule has 0 aromatic heterocycles. The van der Waals surface area contributed by atoms with Crippen molar-refractivity contribution in [3.63, 3.8) is 0 Å². The van der Waals surface area contributed by atoms with Gasteiger partial charge in [0.15, 0.2) is 5.17 Å². The number of hydrogen-bond donors (Lipinski definition) is 1. The lowest BCUT2D eigenvalue weighted by Crippen LogP contribution is -2.48. The molecule has 108 valence electrons. The van der Waals surface area contributed by atoms with Crippen LogP contribution in [0.5, 0.6) is 0 Å². The standard InChI is InChI=1S/C15H26N2OS/c1-11-7-12(2)9-13(8-11)16-14-17-15(10-19-14)3-5-18-6-4-15/h11-13H,3-10H2,1-2H3,(H,16,17). The molecule has 0 radical (unpaired) electrons. The minimum absolute atomic E-state index is 0.285. The van der Waals surface area contributed by atoms with Gasteiger partial charge in [-0.3, -0.25) is 4.99 Å². The molecule has 4 heteroatoms. The maximum Gasteiger partial charge on any atom is 0.157 e. The Kier molecular flexibility index (Phi) is 4.08. The highest BCUT2D eigenvalue weighted by molar-refractivity contribution is 8.14. The second-order valence-corrected chi connectivity index (χ2v) is 7.78. The summed E-state index contributed by atoms with van der Waals surface area (Å²) in [6.07, 6.45) is 6.19. The highest BCUT2D eigenvalue weighted by Gasteiger charge is 2.39. The van der Waals surface area contributed by atoms with Gasteiger partial charge in [-0.05, 0) is 43.9 Å². The molecule has 1 spiro atoms. The molecule has 2 heterocycles. The number of nitrogens with one attached hydrogen (secondary N) is 1. The van der Waals surface area contributed by atoms with E-state index in [9.17, 15) is 0 Å². The SMILES string of the molecule is CC1CC(C)CC(N=C2NC3(CCOCC3)CS2)C1. The number of rotatable bonds is 1. The van der Waals surface area contributed by atoms with Crippen molar-refractivity contribution in [1.82, 2.24) is 5.32 Å². The first-order chi connectivity index (χ1) is 9.15. The summed E-state index contributed by atoms with van der Waals surface area (Å²) in [4.78, 5) is 5.01. The highest BCUT2D eigenvalue weighted by atomic mass is 32.2. The zero-order valence-electron chi connectivity index (χ0n) is 12.2. The van der Waals surface area contributed by atoms with Crippen molar-refractivity contribution in [2.75, 3.05) is 19.0 Å². The van der Waals surface area contributed by atoms with Gasteiger partial charge in [0.25, 0.3) is 0 Å². The lowest BCUT2D eigenvalue weighted by Gasteiger charge is -2.33. The monoisotopic (exact) mass is 282 g/mol. The van der Waals surface area contributed by atoms with Crippen molar-refractivity contribution in [3.8, 4) is 0 Å². The van der Waals surface area contributed by atoms with Gasteiger partial charge in [-0.1, -0.05) is 25.6 Å². The zero-order valence-corrected chi connectivity index (χ0v) is 13.0. The van der Waals surface area contributed by atoms with Crippen LogP contribution in [0.25, 0.3) is 0 Å². The first kappa shape index (κ1) is 13.7. The Labute approximate surface area is 121 Å². The van der Waals surface area contributed by atoms with E-state index < -0.39 is 0 Å². The highest BCUT2D eigenvalue weighted by Crippen LogP contribution is 2.34. The van der Waals surface area contributed by atoms with Crippen LogP contribution in [0, 0.1) is 11.8 Å². The Morgan fingerprint density at radius 2 is 1.84 bits per heavy atom. The van der Waals surface area contributed by atoms with Gasteiger partial charge in [0.1, 0.15) is 0 Å². The van der Waals surface area contributed by atoms with Crippen LogP contribution in [-0.4, -0.2) is 35.7 Å². The molecule has 1 aliphatic carbocycles. The second-order valence-electron chi connectivity index (χ2n) is 6.81. The molecule has 0 aromatic carbocycles. The largest absolute Gasteiger partial charge is 0.381 e. The molecule has 2 atom stereocenters. The second kappa shape index (κ2) is 5.65. The van der Waals surface area contributed by atoms with Gasteiger partial charge in [0.05, 0.1) is 11.6 Å². The van der Waals surface area contributed by atoms with E-state index in [1.165, 1.54) is 30.2 Å². The maximum absolute atomic E-state index is 5.48. The molecule has 2 unspecified atom stereocenters. The van der Waals surface area contributed by atoms with Crippen LogP contribution in [0.2, 0.25) is 0 Å². The average Bonchev–Trinajstić information content (AvgIpc) is 2.71. The van der Waals surface area contributed by atoms with Gasteiger partial charge in [0.2, 0.25) is 0 Å². The Morgan fingerprint density at radius 1 is 1.16 bits per heavy atom. The summed E-state index contributed by atoms with van der Waals surface area (Å²) in [5.74, 6) is 2.84. The first-order valence-electron chi connectivity index (χ1n) is 7.72. The quantitative estimate of drug-likeness (QED) is 0.802. The normalized spacial score (nSPS) is 40.5. The molecule has 0 bridgehead atoms. The number of ether oxygens (including phenoxy) is 1. The molecular weight excluding hydrogens is 256 g/mol. The van der Waals surface area contributed by atoms with Crippen LogP contribution in [0.1, 0.15) is 46.0 Å². The summed E-state index contributed by atoms with van der Waals surface area (Å²) in [6, 6.07) is 0.545. The Bertz CT molecular complexity index is 342. The number of thioether (sulfide) groups is 1. The molecule has 0 aromatic rings. The predicted octanol–water partition coefficient (Wildman–Crippen LogP) is 3.05. The summed E-state index contributed by atoms with van der Waals surface area (Å²) in [5.41, 5.74) is 0.285. The van der Waals surface area contributed by atoms with E-state index in [-0.39, 0.29) is 5.54 Å². The fraction of sp³-hybridized carbons (Fsp3) is 0.933. The van der Waals surface area contributed by atoms with Crippen LogP contribution in [0.15, 0.2) is 4.99 Å².